The summed E-state index contributed by atoms with van der Waals surface area (Å²) in [6, 6.07) is 0. The van der Waals surface area contributed by atoms with Gasteiger partial charge < -0.3 is 4.74 Å². The van der Waals surface area contributed by atoms with Gasteiger partial charge in [-0.15, -0.1) is 0 Å². The fraction of sp³-hybridized carbons (Fsp3) is 0.867. The number of ether oxygens (including phenoxy) is 1. The summed E-state index contributed by atoms with van der Waals surface area (Å²) >= 11 is 0. The summed E-state index contributed by atoms with van der Waals surface area (Å²) in [5, 5.41) is 0. The average Bonchev–Trinajstić information content (AvgIpc) is 2.57. The zero-order valence-electron chi connectivity index (χ0n) is 11.1. The second-order valence-corrected chi connectivity index (χ2v) is 5.12. The third-order valence-corrected chi connectivity index (χ3v) is 3.48. The molecule has 17 heavy (non-hydrogen) atoms. The molecule has 1 saturated carbocycles. The molecule has 0 N–H and O–H groups in total. The molecular weight excluding hydrogens is 212 g/mol. The molecule has 1 aliphatic carbocycles. The number of carbonyl (C=O) groups is 1. The summed E-state index contributed by atoms with van der Waals surface area (Å²) in [5.74, 6) is 0.0199. The van der Waals surface area contributed by atoms with Gasteiger partial charge in [-0.3, -0.25) is 4.79 Å². The maximum Gasteiger partial charge on any atom is 0.306 e. The second kappa shape index (κ2) is 9.49. The first-order valence-electron chi connectivity index (χ1n) is 7.31. The van der Waals surface area contributed by atoms with Crippen molar-refractivity contribution in [1.29, 1.82) is 0 Å². The van der Waals surface area contributed by atoms with Crippen molar-refractivity contribution in [2.24, 2.45) is 0 Å². The van der Waals surface area contributed by atoms with Crippen molar-refractivity contribution in [3.8, 4) is 0 Å². The highest BCUT2D eigenvalue weighted by Gasteiger charge is 2.16. The largest absolute Gasteiger partial charge is 0.462 e. The molecule has 0 amide bonds. The van der Waals surface area contributed by atoms with E-state index in [1.165, 1.54) is 38.5 Å². The van der Waals surface area contributed by atoms with Gasteiger partial charge in [-0.25, -0.2) is 0 Å². The Morgan fingerprint density at radius 2 is 1.65 bits per heavy atom. The molecule has 0 aromatic heterocycles. The number of unbranched alkanes of at least 4 members (excludes halogenated alkanes) is 4. The highest BCUT2D eigenvalue weighted by atomic mass is 16.5. The van der Waals surface area contributed by atoms with Crippen LogP contribution in [0.5, 0.6) is 0 Å². The highest BCUT2D eigenvalue weighted by molar-refractivity contribution is 5.69. The van der Waals surface area contributed by atoms with Gasteiger partial charge >= 0.3 is 5.97 Å². The lowest BCUT2D eigenvalue weighted by Crippen LogP contribution is -2.17. The summed E-state index contributed by atoms with van der Waals surface area (Å²) in [4.78, 5) is 11.6. The first-order chi connectivity index (χ1) is 8.33. The van der Waals surface area contributed by atoms with Crippen molar-refractivity contribution in [3.63, 3.8) is 0 Å². The zero-order valence-corrected chi connectivity index (χ0v) is 11.1. The summed E-state index contributed by atoms with van der Waals surface area (Å²) in [6.07, 6.45) is 13.5. The van der Waals surface area contributed by atoms with Gasteiger partial charge in [0.05, 0.1) is 0 Å². The van der Waals surface area contributed by atoms with Crippen LogP contribution in [0.4, 0.5) is 0 Å². The second-order valence-electron chi connectivity index (χ2n) is 5.12. The molecule has 0 atom stereocenters. The third-order valence-electron chi connectivity index (χ3n) is 3.48. The molecule has 2 nitrogen and oxygen atoms in total. The number of hydrogen-bond acceptors (Lipinski definition) is 2. The Hall–Kier alpha value is -0.530. The van der Waals surface area contributed by atoms with Crippen LogP contribution in [-0.4, -0.2) is 12.1 Å². The van der Waals surface area contributed by atoms with E-state index < -0.39 is 0 Å². The van der Waals surface area contributed by atoms with Crippen LogP contribution < -0.4 is 0 Å². The Kier molecular flexibility index (Phi) is 8.12. The monoisotopic (exact) mass is 239 g/mol. The molecule has 0 saturated heterocycles. The maximum absolute atomic E-state index is 11.6. The minimum Gasteiger partial charge on any atom is -0.462 e. The number of rotatable bonds is 7. The van der Waals surface area contributed by atoms with E-state index in [1.54, 1.807) is 0 Å². The van der Waals surface area contributed by atoms with E-state index in [4.69, 9.17) is 4.74 Å². The molecule has 1 rings (SSSR count). The van der Waals surface area contributed by atoms with Crippen LogP contribution in [-0.2, 0) is 9.53 Å². The quantitative estimate of drug-likeness (QED) is 0.373. The molecule has 0 unspecified atom stereocenters. The fourth-order valence-electron chi connectivity index (χ4n) is 2.40. The Labute approximate surface area is 106 Å². The molecule has 0 spiro atoms. The van der Waals surface area contributed by atoms with Gasteiger partial charge in [-0.05, 0) is 32.1 Å². The van der Waals surface area contributed by atoms with Crippen molar-refractivity contribution >= 4 is 5.97 Å². The Morgan fingerprint density at radius 3 is 2.29 bits per heavy atom. The van der Waals surface area contributed by atoms with Crippen LogP contribution in [0, 0.1) is 6.92 Å². The molecule has 1 fully saturated rings. The summed E-state index contributed by atoms with van der Waals surface area (Å²) in [7, 11) is 0. The molecule has 0 aliphatic heterocycles. The van der Waals surface area contributed by atoms with E-state index in [0.717, 1.165) is 32.1 Å². The van der Waals surface area contributed by atoms with Gasteiger partial charge in [0.1, 0.15) is 6.10 Å². The molecule has 1 radical (unpaired) electrons. The van der Waals surface area contributed by atoms with Gasteiger partial charge in [0, 0.05) is 6.42 Å². The molecule has 0 heterocycles. The lowest BCUT2D eigenvalue weighted by molar-refractivity contribution is -0.149. The smallest absolute Gasteiger partial charge is 0.306 e. The van der Waals surface area contributed by atoms with Crippen LogP contribution in [0.15, 0.2) is 0 Å². The van der Waals surface area contributed by atoms with Crippen LogP contribution in [0.1, 0.15) is 77.0 Å². The highest BCUT2D eigenvalue weighted by Crippen LogP contribution is 2.20. The summed E-state index contributed by atoms with van der Waals surface area (Å²) in [5.41, 5.74) is 0. The van der Waals surface area contributed by atoms with Crippen molar-refractivity contribution < 1.29 is 9.53 Å². The van der Waals surface area contributed by atoms with Crippen LogP contribution in [0.3, 0.4) is 0 Å². The minimum absolute atomic E-state index is 0.0199. The predicted molar refractivity (Wildman–Crippen MR) is 70.6 cm³/mol. The standard InChI is InChI=1S/C15H27O2/c1-2-3-4-5-10-13-15(16)17-14-11-8-6-7-9-12-14/h14H,1-13H2. The third kappa shape index (κ3) is 7.40. The van der Waals surface area contributed by atoms with E-state index in [9.17, 15) is 4.79 Å². The molecule has 99 valence electrons. The van der Waals surface area contributed by atoms with Crippen LogP contribution >= 0.6 is 0 Å². The lowest BCUT2D eigenvalue weighted by Gasteiger charge is -2.15. The molecule has 0 aromatic carbocycles. The summed E-state index contributed by atoms with van der Waals surface area (Å²) in [6.45, 7) is 3.81. The van der Waals surface area contributed by atoms with E-state index in [-0.39, 0.29) is 12.1 Å². The first kappa shape index (κ1) is 14.5. The maximum atomic E-state index is 11.6. The number of esters is 1. The van der Waals surface area contributed by atoms with Crippen molar-refractivity contribution in [1.82, 2.24) is 0 Å². The summed E-state index contributed by atoms with van der Waals surface area (Å²) < 4.78 is 5.53. The zero-order chi connectivity index (χ0) is 12.3. The first-order valence-corrected chi connectivity index (χ1v) is 7.31. The van der Waals surface area contributed by atoms with Gasteiger partial charge in [-0.2, -0.15) is 0 Å². The average molecular weight is 239 g/mol. The van der Waals surface area contributed by atoms with Gasteiger partial charge in [0.25, 0.3) is 0 Å². The number of carbonyl (C=O) groups excluding carboxylic acids is 1. The Morgan fingerprint density at radius 1 is 1.00 bits per heavy atom. The Balaban J connectivity index is 2.03. The molecule has 2 heteroatoms. The lowest BCUT2D eigenvalue weighted by atomic mass is 10.1. The van der Waals surface area contributed by atoms with E-state index in [2.05, 4.69) is 6.92 Å². The SMILES string of the molecule is [CH2]CCCCCCC(=O)OC1CCCCCC1. The van der Waals surface area contributed by atoms with Gasteiger partial charge in [0.2, 0.25) is 0 Å². The van der Waals surface area contributed by atoms with Crippen molar-refractivity contribution in [2.45, 2.75) is 83.2 Å². The van der Waals surface area contributed by atoms with Crippen molar-refractivity contribution in [3.05, 3.63) is 6.92 Å². The molecular formula is C15H27O2. The molecule has 0 bridgehead atoms. The van der Waals surface area contributed by atoms with Crippen LogP contribution in [0.2, 0.25) is 0 Å². The van der Waals surface area contributed by atoms with Crippen molar-refractivity contribution in [2.75, 3.05) is 0 Å². The minimum atomic E-state index is 0.0199. The van der Waals surface area contributed by atoms with Gasteiger partial charge in [-0.1, -0.05) is 45.4 Å². The van der Waals surface area contributed by atoms with E-state index in [0.29, 0.717) is 6.42 Å². The fourth-order valence-corrected chi connectivity index (χ4v) is 2.40. The molecule has 0 aromatic rings. The van der Waals surface area contributed by atoms with Crippen LogP contribution in [0.25, 0.3) is 0 Å². The van der Waals surface area contributed by atoms with Gasteiger partial charge in [0.15, 0.2) is 0 Å². The Bertz CT molecular complexity index is 193. The topological polar surface area (TPSA) is 26.3 Å². The van der Waals surface area contributed by atoms with E-state index >= 15 is 0 Å². The number of hydrogen-bond donors (Lipinski definition) is 0. The predicted octanol–water partition coefficient (Wildman–Crippen LogP) is 4.43. The van der Waals surface area contributed by atoms with E-state index in [1.807, 2.05) is 0 Å². The molecule has 1 aliphatic rings. The normalized spacial score (nSPS) is 17.7.